The Morgan fingerprint density at radius 2 is 1.55 bits per heavy atom. The number of amides is 2. The average molecular weight is 268 g/mol. The molecular weight excluding hydrogens is 252 g/mol. The third kappa shape index (κ3) is 1.77. The topological polar surface area (TPSA) is 66.6 Å². The summed E-state index contributed by atoms with van der Waals surface area (Å²) in [5.74, 6) is -0.114. The third-order valence-corrected chi connectivity index (χ3v) is 3.86. The number of para-hydroxylation sites is 2. The second kappa shape index (κ2) is 4.65. The summed E-state index contributed by atoms with van der Waals surface area (Å²) >= 11 is 0. The van der Waals surface area contributed by atoms with Crippen molar-refractivity contribution in [1.82, 2.24) is 0 Å². The quantitative estimate of drug-likeness (QED) is 0.771. The Morgan fingerprint density at radius 1 is 1.05 bits per heavy atom. The van der Waals surface area contributed by atoms with Gasteiger partial charge in [-0.2, -0.15) is 0 Å². The molecule has 1 aliphatic heterocycles. The fourth-order valence-electron chi connectivity index (χ4n) is 2.82. The van der Waals surface area contributed by atoms with Gasteiger partial charge < -0.3 is 10.8 Å². The Bertz CT molecular complexity index is 618. The SMILES string of the molecule is CC1c2ccccc2N(C(N)=O)c2ccccc2C1O. The number of nitrogens with zero attached hydrogens (tertiary/aromatic N) is 1. The highest BCUT2D eigenvalue weighted by Gasteiger charge is 2.32. The van der Waals surface area contributed by atoms with Gasteiger partial charge in [-0.15, -0.1) is 0 Å². The maximum Gasteiger partial charge on any atom is 0.323 e. The predicted octanol–water partition coefficient (Wildman–Crippen LogP) is 3.05. The van der Waals surface area contributed by atoms with Crippen molar-refractivity contribution in [2.24, 2.45) is 5.73 Å². The molecule has 0 saturated carbocycles. The molecule has 2 atom stereocenters. The third-order valence-electron chi connectivity index (χ3n) is 3.86. The van der Waals surface area contributed by atoms with Gasteiger partial charge in [0.2, 0.25) is 0 Å². The molecule has 20 heavy (non-hydrogen) atoms. The van der Waals surface area contributed by atoms with E-state index in [2.05, 4.69) is 0 Å². The molecule has 0 fully saturated rings. The number of carbonyl (C=O) groups is 1. The van der Waals surface area contributed by atoms with E-state index in [-0.39, 0.29) is 5.92 Å². The van der Waals surface area contributed by atoms with Crippen LogP contribution in [0.1, 0.15) is 30.1 Å². The lowest BCUT2D eigenvalue weighted by Crippen LogP contribution is -2.32. The molecule has 2 amide bonds. The summed E-state index contributed by atoms with van der Waals surface area (Å²) in [7, 11) is 0. The number of hydrogen-bond donors (Lipinski definition) is 2. The minimum atomic E-state index is -0.670. The van der Waals surface area contributed by atoms with E-state index in [0.717, 1.165) is 16.8 Å². The smallest absolute Gasteiger partial charge is 0.323 e. The zero-order valence-electron chi connectivity index (χ0n) is 11.2. The van der Waals surface area contributed by atoms with Crippen molar-refractivity contribution in [1.29, 1.82) is 0 Å². The first-order valence-electron chi connectivity index (χ1n) is 6.56. The molecule has 3 N–H and O–H groups in total. The molecule has 1 heterocycles. The van der Waals surface area contributed by atoms with Crippen LogP contribution in [0.2, 0.25) is 0 Å². The van der Waals surface area contributed by atoms with E-state index < -0.39 is 12.1 Å². The number of aliphatic hydroxyl groups excluding tert-OH is 1. The summed E-state index contributed by atoms with van der Waals surface area (Å²) < 4.78 is 0. The van der Waals surface area contributed by atoms with E-state index in [1.54, 1.807) is 6.07 Å². The number of rotatable bonds is 0. The van der Waals surface area contributed by atoms with Gasteiger partial charge >= 0.3 is 6.03 Å². The lowest BCUT2D eigenvalue weighted by molar-refractivity contribution is 0.153. The first-order valence-corrected chi connectivity index (χ1v) is 6.56. The van der Waals surface area contributed by atoms with Crippen molar-refractivity contribution >= 4 is 17.4 Å². The van der Waals surface area contributed by atoms with Crippen LogP contribution in [0.25, 0.3) is 0 Å². The zero-order valence-corrected chi connectivity index (χ0v) is 11.2. The van der Waals surface area contributed by atoms with Crippen LogP contribution in [0, 0.1) is 0 Å². The van der Waals surface area contributed by atoms with Gasteiger partial charge in [0.1, 0.15) is 0 Å². The van der Waals surface area contributed by atoms with Crippen LogP contribution in [-0.4, -0.2) is 11.1 Å². The number of anilines is 2. The van der Waals surface area contributed by atoms with Crippen molar-refractivity contribution in [2.45, 2.75) is 18.9 Å². The van der Waals surface area contributed by atoms with Crippen LogP contribution in [0.5, 0.6) is 0 Å². The lowest BCUT2D eigenvalue weighted by atomic mass is 9.91. The number of benzene rings is 2. The molecule has 4 heteroatoms. The first kappa shape index (κ1) is 12.7. The standard InChI is InChI=1S/C16H16N2O2/c1-10-11-6-2-4-8-13(11)18(16(17)20)14-9-5-3-7-12(14)15(10)19/h2-10,15,19H,1H3,(H2,17,20). The molecule has 0 spiro atoms. The van der Waals surface area contributed by atoms with Crippen molar-refractivity contribution in [3.8, 4) is 0 Å². The van der Waals surface area contributed by atoms with Crippen molar-refractivity contribution in [2.75, 3.05) is 4.90 Å². The van der Waals surface area contributed by atoms with Gasteiger partial charge in [0, 0.05) is 11.5 Å². The van der Waals surface area contributed by atoms with Crippen molar-refractivity contribution in [3.05, 3.63) is 59.7 Å². The molecule has 2 aromatic carbocycles. The number of aliphatic hydroxyl groups is 1. The van der Waals surface area contributed by atoms with Gasteiger partial charge in [-0.05, 0) is 17.7 Å². The summed E-state index contributed by atoms with van der Waals surface area (Å²) in [6.07, 6.45) is -0.670. The van der Waals surface area contributed by atoms with Gasteiger partial charge in [-0.25, -0.2) is 4.79 Å². The number of urea groups is 1. The predicted molar refractivity (Wildman–Crippen MR) is 78.0 cm³/mol. The summed E-state index contributed by atoms with van der Waals surface area (Å²) in [5.41, 5.74) is 8.57. The van der Waals surface area contributed by atoms with Crippen LogP contribution in [0.3, 0.4) is 0 Å². The van der Waals surface area contributed by atoms with Crippen LogP contribution < -0.4 is 10.6 Å². The summed E-state index contributed by atoms with van der Waals surface area (Å²) in [5, 5.41) is 10.6. The normalized spacial score (nSPS) is 20.8. The molecule has 2 unspecified atom stereocenters. The maximum atomic E-state index is 11.9. The molecule has 0 bridgehead atoms. The minimum absolute atomic E-state index is 0.114. The first-order chi connectivity index (χ1) is 9.61. The number of hydrogen-bond acceptors (Lipinski definition) is 2. The van der Waals surface area contributed by atoms with Crippen LogP contribution in [0.4, 0.5) is 16.2 Å². The summed E-state index contributed by atoms with van der Waals surface area (Å²) in [4.78, 5) is 13.4. The molecular formula is C16H16N2O2. The number of nitrogens with two attached hydrogens (primary N) is 1. The highest BCUT2D eigenvalue weighted by Crippen LogP contribution is 2.45. The van der Waals surface area contributed by atoms with Crippen molar-refractivity contribution < 1.29 is 9.90 Å². The second-order valence-corrected chi connectivity index (χ2v) is 5.02. The Hall–Kier alpha value is -2.33. The fourth-order valence-corrected chi connectivity index (χ4v) is 2.82. The fraction of sp³-hybridized carbons (Fsp3) is 0.188. The largest absolute Gasteiger partial charge is 0.388 e. The maximum absolute atomic E-state index is 11.9. The van der Waals surface area contributed by atoms with Gasteiger partial charge in [-0.1, -0.05) is 43.3 Å². The van der Waals surface area contributed by atoms with Crippen LogP contribution in [0.15, 0.2) is 48.5 Å². The van der Waals surface area contributed by atoms with Crippen LogP contribution >= 0.6 is 0 Å². The molecule has 3 rings (SSSR count). The van der Waals surface area contributed by atoms with E-state index in [1.807, 2.05) is 49.4 Å². The molecule has 1 aliphatic rings. The summed E-state index contributed by atoms with van der Waals surface area (Å²) in [6.45, 7) is 1.95. The monoisotopic (exact) mass is 268 g/mol. The Morgan fingerprint density at radius 3 is 2.15 bits per heavy atom. The average Bonchev–Trinajstić information content (AvgIpc) is 2.55. The van der Waals surface area contributed by atoms with Gasteiger partial charge in [0.05, 0.1) is 17.5 Å². The van der Waals surface area contributed by atoms with E-state index in [4.69, 9.17) is 5.73 Å². The molecule has 4 nitrogen and oxygen atoms in total. The highest BCUT2D eigenvalue weighted by molar-refractivity contribution is 6.00. The zero-order chi connectivity index (χ0) is 14.3. The molecule has 0 radical (unpaired) electrons. The minimum Gasteiger partial charge on any atom is -0.388 e. The molecule has 0 saturated heterocycles. The second-order valence-electron chi connectivity index (χ2n) is 5.02. The number of carbonyl (C=O) groups excluding carboxylic acids is 1. The molecule has 0 aromatic heterocycles. The Labute approximate surface area is 117 Å². The van der Waals surface area contributed by atoms with Gasteiger partial charge in [-0.3, -0.25) is 4.90 Å². The van der Waals surface area contributed by atoms with E-state index in [0.29, 0.717) is 5.69 Å². The van der Waals surface area contributed by atoms with Gasteiger partial charge in [0.15, 0.2) is 0 Å². The van der Waals surface area contributed by atoms with E-state index >= 15 is 0 Å². The van der Waals surface area contributed by atoms with Gasteiger partial charge in [0.25, 0.3) is 0 Å². The molecule has 0 aliphatic carbocycles. The lowest BCUT2D eigenvalue weighted by Gasteiger charge is -2.22. The van der Waals surface area contributed by atoms with Crippen molar-refractivity contribution in [3.63, 3.8) is 0 Å². The van der Waals surface area contributed by atoms with E-state index in [9.17, 15) is 9.90 Å². The van der Waals surface area contributed by atoms with E-state index in [1.165, 1.54) is 4.90 Å². The highest BCUT2D eigenvalue weighted by atomic mass is 16.3. The van der Waals surface area contributed by atoms with Crippen LogP contribution in [-0.2, 0) is 0 Å². The Kier molecular flexibility index (Phi) is 2.95. The number of primary amides is 1. The molecule has 2 aromatic rings. The number of fused-ring (bicyclic) bond motifs is 2. The molecule has 102 valence electrons. The Balaban J connectivity index is 2.33. The summed E-state index contributed by atoms with van der Waals surface area (Å²) in [6, 6.07) is 14.3.